The van der Waals surface area contributed by atoms with E-state index in [9.17, 15) is 9.90 Å². The maximum atomic E-state index is 16.0. The summed E-state index contributed by atoms with van der Waals surface area (Å²) >= 11 is 0. The lowest BCUT2D eigenvalue weighted by molar-refractivity contribution is -0.153. The molecule has 1 N–H and O–H groups in total. The molecule has 1 fully saturated rings. The first-order valence-corrected chi connectivity index (χ1v) is 13.1. The number of halogens is 1. The predicted molar refractivity (Wildman–Crippen MR) is 146 cm³/mol. The van der Waals surface area contributed by atoms with Crippen LogP contribution in [0.3, 0.4) is 0 Å². The molecule has 0 aliphatic carbocycles. The SMILES string of the molecule is COc1ccc2ncc(N(C)C)c([C@@H](F)CCC3(C(=O)O)CCN(CCCc4ccccc4)CC3)c2c1. The Kier molecular flexibility index (Phi) is 8.64. The minimum atomic E-state index is -1.31. The highest BCUT2D eigenvalue weighted by molar-refractivity contribution is 5.88. The van der Waals surface area contributed by atoms with Gasteiger partial charge in [0.15, 0.2) is 0 Å². The molecule has 2 heterocycles. The minimum Gasteiger partial charge on any atom is -0.497 e. The fraction of sp³-hybridized carbons (Fsp3) is 0.467. The number of fused-ring (bicyclic) bond motifs is 1. The van der Waals surface area contributed by atoms with Gasteiger partial charge in [0.1, 0.15) is 11.9 Å². The number of carbonyl (C=O) groups is 1. The van der Waals surface area contributed by atoms with Crippen molar-refractivity contribution in [3.63, 3.8) is 0 Å². The third-order valence-corrected chi connectivity index (χ3v) is 7.82. The summed E-state index contributed by atoms with van der Waals surface area (Å²) < 4.78 is 21.4. The Morgan fingerprint density at radius 1 is 1.19 bits per heavy atom. The summed E-state index contributed by atoms with van der Waals surface area (Å²) in [5, 5.41) is 10.9. The number of anilines is 1. The number of rotatable bonds is 11. The third kappa shape index (κ3) is 6.21. The fourth-order valence-corrected chi connectivity index (χ4v) is 5.47. The van der Waals surface area contributed by atoms with Gasteiger partial charge in [-0.2, -0.15) is 0 Å². The molecule has 198 valence electrons. The van der Waals surface area contributed by atoms with E-state index in [0.29, 0.717) is 47.2 Å². The van der Waals surface area contributed by atoms with Gasteiger partial charge in [0.2, 0.25) is 0 Å². The molecule has 4 rings (SSSR count). The van der Waals surface area contributed by atoms with Crippen LogP contribution in [0.15, 0.2) is 54.7 Å². The number of hydrogen-bond acceptors (Lipinski definition) is 5. The molecule has 0 spiro atoms. The van der Waals surface area contributed by atoms with Crippen LogP contribution >= 0.6 is 0 Å². The Balaban J connectivity index is 1.43. The molecule has 1 aromatic heterocycles. The molecule has 0 unspecified atom stereocenters. The summed E-state index contributed by atoms with van der Waals surface area (Å²) in [6.45, 7) is 2.42. The largest absolute Gasteiger partial charge is 0.497 e. The van der Waals surface area contributed by atoms with E-state index >= 15 is 4.39 Å². The second kappa shape index (κ2) is 11.9. The first-order valence-electron chi connectivity index (χ1n) is 13.1. The maximum absolute atomic E-state index is 16.0. The van der Waals surface area contributed by atoms with Crippen molar-refractivity contribution in [2.45, 2.75) is 44.7 Å². The zero-order valence-electron chi connectivity index (χ0n) is 22.1. The van der Waals surface area contributed by atoms with Gasteiger partial charge in [0.25, 0.3) is 0 Å². The Hall–Kier alpha value is -3.19. The van der Waals surface area contributed by atoms with Crippen LogP contribution in [0, 0.1) is 5.41 Å². The molecule has 3 aromatic rings. The van der Waals surface area contributed by atoms with Gasteiger partial charge in [0, 0.05) is 25.0 Å². The number of hydrogen-bond donors (Lipinski definition) is 1. The molecular weight excluding hydrogens is 469 g/mol. The summed E-state index contributed by atoms with van der Waals surface area (Å²) in [5.41, 5.74) is 2.38. The van der Waals surface area contributed by atoms with Crippen molar-refractivity contribution in [2.75, 3.05) is 45.7 Å². The number of methoxy groups -OCH3 is 1. The van der Waals surface area contributed by atoms with Gasteiger partial charge in [-0.15, -0.1) is 0 Å². The van der Waals surface area contributed by atoms with E-state index in [2.05, 4.69) is 34.1 Å². The summed E-state index contributed by atoms with van der Waals surface area (Å²) in [6.07, 6.45) is 4.00. The molecule has 0 bridgehead atoms. The number of piperidine rings is 1. The minimum absolute atomic E-state index is 0.150. The van der Waals surface area contributed by atoms with Crippen LogP contribution in [0.25, 0.3) is 10.9 Å². The molecule has 0 saturated carbocycles. The Morgan fingerprint density at radius 3 is 2.57 bits per heavy atom. The van der Waals surface area contributed by atoms with Crippen LogP contribution < -0.4 is 9.64 Å². The van der Waals surface area contributed by atoms with Gasteiger partial charge < -0.3 is 19.6 Å². The van der Waals surface area contributed by atoms with Gasteiger partial charge in [-0.05, 0) is 81.9 Å². The first-order chi connectivity index (χ1) is 17.8. The van der Waals surface area contributed by atoms with Crippen molar-refractivity contribution in [3.05, 3.63) is 65.9 Å². The molecule has 6 nitrogen and oxygen atoms in total. The fourth-order valence-electron chi connectivity index (χ4n) is 5.47. The first kappa shape index (κ1) is 26.9. The molecular formula is C30H38FN3O3. The van der Waals surface area contributed by atoms with Gasteiger partial charge in [-0.1, -0.05) is 30.3 Å². The summed E-state index contributed by atoms with van der Waals surface area (Å²) in [5.74, 6) is -0.168. The van der Waals surface area contributed by atoms with E-state index < -0.39 is 17.6 Å². The van der Waals surface area contributed by atoms with Crippen LogP contribution in [0.1, 0.15) is 49.4 Å². The second-order valence-corrected chi connectivity index (χ2v) is 10.4. The van der Waals surface area contributed by atoms with Crippen LogP contribution in [-0.4, -0.2) is 61.8 Å². The van der Waals surface area contributed by atoms with Crippen LogP contribution in [0.2, 0.25) is 0 Å². The van der Waals surface area contributed by atoms with Gasteiger partial charge in [0.05, 0.1) is 29.9 Å². The molecule has 0 radical (unpaired) electrons. The number of benzene rings is 2. The Bertz CT molecular complexity index is 1190. The third-order valence-electron chi connectivity index (χ3n) is 7.82. The van der Waals surface area contributed by atoms with Gasteiger partial charge in [-0.3, -0.25) is 9.78 Å². The Morgan fingerprint density at radius 2 is 1.92 bits per heavy atom. The highest BCUT2D eigenvalue weighted by Crippen LogP contribution is 2.43. The zero-order chi connectivity index (χ0) is 26.4. The molecule has 37 heavy (non-hydrogen) atoms. The number of carboxylic acids is 1. The number of aryl methyl sites for hydroxylation is 1. The van der Waals surface area contributed by atoms with Crippen molar-refractivity contribution < 1.29 is 19.0 Å². The average molecular weight is 508 g/mol. The maximum Gasteiger partial charge on any atom is 0.309 e. The standard InChI is InChI=1S/C30H38FN3O3/c1-33(2)27-21-32-26-12-11-23(37-3)20-24(26)28(27)25(31)13-14-30(29(35)36)15-18-34(19-16-30)17-7-10-22-8-5-4-6-9-22/h4-6,8-9,11-12,20-21,25H,7,10,13-19H2,1-3H3,(H,35,36)/t25-/m0/s1. The number of carboxylic acid groups (broad SMARTS) is 1. The van der Waals surface area contributed by atoms with Crippen molar-refractivity contribution in [1.82, 2.24) is 9.88 Å². The van der Waals surface area contributed by atoms with E-state index in [0.717, 1.165) is 32.5 Å². The zero-order valence-corrected chi connectivity index (χ0v) is 22.1. The molecule has 0 amide bonds. The second-order valence-electron chi connectivity index (χ2n) is 10.4. The topological polar surface area (TPSA) is 65.9 Å². The molecule has 1 saturated heterocycles. The van der Waals surface area contributed by atoms with Gasteiger partial charge in [-0.25, -0.2) is 4.39 Å². The normalized spacial score (nSPS) is 16.4. The molecule has 1 aliphatic rings. The van der Waals surface area contributed by atoms with Crippen molar-refractivity contribution in [1.29, 1.82) is 0 Å². The smallest absolute Gasteiger partial charge is 0.309 e. The van der Waals surface area contributed by atoms with Crippen molar-refractivity contribution in [3.8, 4) is 5.75 Å². The quantitative estimate of drug-likeness (QED) is 0.349. The van der Waals surface area contributed by atoms with E-state index in [-0.39, 0.29) is 6.42 Å². The summed E-state index contributed by atoms with van der Waals surface area (Å²) in [4.78, 5) is 21.1. The molecule has 1 aliphatic heterocycles. The van der Waals surface area contributed by atoms with E-state index in [1.54, 1.807) is 13.3 Å². The van der Waals surface area contributed by atoms with E-state index in [1.165, 1.54) is 5.56 Å². The molecule has 1 atom stereocenters. The van der Waals surface area contributed by atoms with Gasteiger partial charge >= 0.3 is 5.97 Å². The predicted octanol–water partition coefficient (Wildman–Crippen LogP) is 5.90. The van der Waals surface area contributed by atoms with Crippen molar-refractivity contribution in [2.24, 2.45) is 5.41 Å². The highest BCUT2D eigenvalue weighted by Gasteiger charge is 2.41. The lowest BCUT2D eigenvalue weighted by Gasteiger charge is -2.39. The van der Waals surface area contributed by atoms with Crippen LogP contribution in [-0.2, 0) is 11.2 Å². The van der Waals surface area contributed by atoms with Crippen molar-refractivity contribution >= 4 is 22.6 Å². The highest BCUT2D eigenvalue weighted by atomic mass is 19.1. The van der Waals surface area contributed by atoms with Crippen LogP contribution in [0.5, 0.6) is 5.75 Å². The number of ether oxygens (including phenoxy) is 1. The lowest BCUT2D eigenvalue weighted by atomic mass is 9.74. The number of likely N-dealkylation sites (tertiary alicyclic amines) is 1. The molecule has 7 heteroatoms. The molecule has 2 aromatic carbocycles. The average Bonchev–Trinajstić information content (AvgIpc) is 2.91. The summed E-state index contributed by atoms with van der Waals surface area (Å²) in [7, 11) is 5.32. The number of alkyl halides is 1. The Labute approximate surface area is 219 Å². The monoisotopic (exact) mass is 507 g/mol. The number of aromatic nitrogens is 1. The summed E-state index contributed by atoms with van der Waals surface area (Å²) in [6, 6.07) is 15.9. The lowest BCUT2D eigenvalue weighted by Crippen LogP contribution is -2.44. The van der Waals surface area contributed by atoms with E-state index in [1.807, 2.05) is 43.3 Å². The number of pyridine rings is 1. The van der Waals surface area contributed by atoms with E-state index in [4.69, 9.17) is 4.74 Å². The number of nitrogens with zero attached hydrogens (tertiary/aromatic N) is 3. The number of aliphatic carboxylic acids is 1. The van der Waals surface area contributed by atoms with Crippen LogP contribution in [0.4, 0.5) is 10.1 Å².